The van der Waals surface area contributed by atoms with E-state index in [0.717, 1.165) is 9.75 Å². The minimum Gasteiger partial charge on any atom is -0.435 e. The van der Waals surface area contributed by atoms with Gasteiger partial charge in [-0.15, -0.1) is 11.3 Å². The van der Waals surface area contributed by atoms with Crippen LogP contribution in [-0.4, -0.2) is 11.7 Å². The van der Waals surface area contributed by atoms with Gasteiger partial charge in [0.25, 0.3) is 0 Å². The fraction of sp³-hybridized carbons (Fsp3) is 0.231. The van der Waals surface area contributed by atoms with Crippen molar-refractivity contribution in [2.45, 2.75) is 19.6 Å². The van der Waals surface area contributed by atoms with Crippen LogP contribution in [0.25, 0.3) is 0 Å². The first kappa shape index (κ1) is 13.0. The Morgan fingerprint density at radius 1 is 1.11 bits per heavy atom. The van der Waals surface area contributed by atoms with Crippen molar-refractivity contribution in [1.29, 1.82) is 0 Å². The van der Waals surface area contributed by atoms with Crippen molar-refractivity contribution in [3.05, 3.63) is 51.7 Å². The summed E-state index contributed by atoms with van der Waals surface area (Å²) in [6, 6.07) is 9.79. The van der Waals surface area contributed by atoms with Crippen molar-refractivity contribution in [3.63, 3.8) is 0 Å². The fourth-order valence-corrected chi connectivity index (χ4v) is 2.49. The highest BCUT2D eigenvalue weighted by Gasteiger charge is 2.13. The summed E-state index contributed by atoms with van der Waals surface area (Å²) in [7, 11) is 0. The molecule has 1 atom stereocenters. The van der Waals surface area contributed by atoms with E-state index in [1.807, 2.05) is 19.1 Å². The summed E-state index contributed by atoms with van der Waals surface area (Å²) in [6.45, 7) is -0.874. The number of hydrogen-bond acceptors (Lipinski definition) is 3. The molecule has 1 heterocycles. The second-order valence-corrected chi connectivity index (χ2v) is 5.12. The molecule has 0 saturated heterocycles. The van der Waals surface area contributed by atoms with Crippen molar-refractivity contribution >= 4 is 11.3 Å². The SMILES string of the molecule is Cc1ccc(C(O)c2ccc(OC(F)F)cc2)s1. The maximum absolute atomic E-state index is 12.0. The molecule has 18 heavy (non-hydrogen) atoms. The van der Waals surface area contributed by atoms with E-state index in [9.17, 15) is 13.9 Å². The van der Waals surface area contributed by atoms with Gasteiger partial charge < -0.3 is 9.84 Å². The minimum absolute atomic E-state index is 0.0864. The Hall–Kier alpha value is -1.46. The molecule has 2 aromatic rings. The molecular weight excluding hydrogens is 258 g/mol. The van der Waals surface area contributed by atoms with Gasteiger partial charge in [0.1, 0.15) is 11.9 Å². The third-order valence-electron chi connectivity index (χ3n) is 2.45. The summed E-state index contributed by atoms with van der Waals surface area (Å²) < 4.78 is 28.2. The predicted molar refractivity (Wildman–Crippen MR) is 66.2 cm³/mol. The lowest BCUT2D eigenvalue weighted by atomic mass is 10.1. The number of aliphatic hydroxyl groups is 1. The summed E-state index contributed by atoms with van der Waals surface area (Å²) >= 11 is 1.50. The van der Waals surface area contributed by atoms with Gasteiger partial charge in [0.2, 0.25) is 0 Å². The van der Waals surface area contributed by atoms with Gasteiger partial charge in [0, 0.05) is 9.75 Å². The molecule has 0 aliphatic heterocycles. The maximum Gasteiger partial charge on any atom is 0.387 e. The molecule has 2 rings (SSSR count). The molecule has 96 valence electrons. The molecule has 1 aromatic carbocycles. The number of rotatable bonds is 4. The Morgan fingerprint density at radius 3 is 2.28 bits per heavy atom. The van der Waals surface area contributed by atoms with Crippen LogP contribution in [0.5, 0.6) is 5.75 Å². The topological polar surface area (TPSA) is 29.5 Å². The van der Waals surface area contributed by atoms with Gasteiger partial charge in [0.15, 0.2) is 0 Å². The largest absolute Gasteiger partial charge is 0.435 e. The smallest absolute Gasteiger partial charge is 0.387 e. The highest BCUT2D eigenvalue weighted by molar-refractivity contribution is 7.12. The monoisotopic (exact) mass is 270 g/mol. The van der Waals surface area contributed by atoms with Crippen molar-refractivity contribution in [1.82, 2.24) is 0 Å². The van der Waals surface area contributed by atoms with E-state index >= 15 is 0 Å². The van der Waals surface area contributed by atoms with Gasteiger partial charge in [-0.3, -0.25) is 0 Å². The van der Waals surface area contributed by atoms with E-state index in [1.165, 1.54) is 23.5 Å². The number of hydrogen-bond donors (Lipinski definition) is 1. The van der Waals surface area contributed by atoms with Crippen LogP contribution in [0.4, 0.5) is 8.78 Å². The first-order valence-corrected chi connectivity index (χ1v) is 6.17. The van der Waals surface area contributed by atoms with Crippen molar-refractivity contribution < 1.29 is 18.6 Å². The average molecular weight is 270 g/mol. The molecule has 0 aliphatic carbocycles. The lowest BCUT2D eigenvalue weighted by Gasteiger charge is -2.10. The van der Waals surface area contributed by atoms with Crippen LogP contribution in [0.1, 0.15) is 21.4 Å². The zero-order valence-corrected chi connectivity index (χ0v) is 10.5. The lowest BCUT2D eigenvalue weighted by molar-refractivity contribution is -0.0498. The van der Waals surface area contributed by atoms with Crippen LogP contribution in [0, 0.1) is 6.92 Å². The minimum atomic E-state index is -2.83. The number of halogens is 2. The molecule has 1 N–H and O–H groups in total. The van der Waals surface area contributed by atoms with Gasteiger partial charge >= 0.3 is 6.61 Å². The molecule has 0 aliphatic rings. The zero-order chi connectivity index (χ0) is 13.1. The van der Waals surface area contributed by atoms with E-state index in [1.54, 1.807) is 12.1 Å². The van der Waals surface area contributed by atoms with Crippen LogP contribution >= 0.6 is 11.3 Å². The first-order valence-electron chi connectivity index (χ1n) is 5.35. The highest BCUT2D eigenvalue weighted by atomic mass is 32.1. The summed E-state index contributed by atoms with van der Waals surface area (Å²) in [5.74, 6) is 0.0864. The van der Waals surface area contributed by atoms with E-state index in [4.69, 9.17) is 0 Å². The maximum atomic E-state index is 12.0. The molecule has 1 aromatic heterocycles. The summed E-state index contributed by atoms with van der Waals surface area (Å²) in [5.41, 5.74) is 0.651. The van der Waals surface area contributed by atoms with Gasteiger partial charge in [-0.1, -0.05) is 12.1 Å². The molecule has 0 saturated carbocycles. The normalized spacial score (nSPS) is 12.7. The van der Waals surface area contributed by atoms with Gasteiger partial charge in [-0.2, -0.15) is 8.78 Å². The molecular formula is C13H12F2O2S. The van der Waals surface area contributed by atoms with E-state index in [0.29, 0.717) is 5.56 Å². The number of benzene rings is 1. The van der Waals surface area contributed by atoms with Gasteiger partial charge in [-0.25, -0.2) is 0 Å². The molecule has 0 bridgehead atoms. The number of aryl methyl sites for hydroxylation is 1. The van der Waals surface area contributed by atoms with Crippen LogP contribution in [0.15, 0.2) is 36.4 Å². The quantitative estimate of drug-likeness (QED) is 0.917. The van der Waals surface area contributed by atoms with E-state index < -0.39 is 12.7 Å². The molecule has 0 amide bonds. The van der Waals surface area contributed by atoms with Crippen LogP contribution in [0.2, 0.25) is 0 Å². The number of thiophene rings is 1. The van der Waals surface area contributed by atoms with E-state index in [2.05, 4.69) is 4.74 Å². The third-order valence-corrected chi connectivity index (χ3v) is 3.50. The summed E-state index contributed by atoms with van der Waals surface area (Å²) in [5, 5.41) is 10.1. The molecule has 2 nitrogen and oxygen atoms in total. The Labute approximate surface area is 107 Å². The van der Waals surface area contributed by atoms with Crippen molar-refractivity contribution in [2.24, 2.45) is 0 Å². The Balaban J connectivity index is 2.14. The predicted octanol–water partition coefficient (Wildman–Crippen LogP) is 3.74. The second kappa shape index (κ2) is 5.46. The van der Waals surface area contributed by atoms with Crippen molar-refractivity contribution in [3.8, 4) is 5.75 Å². The fourth-order valence-electron chi connectivity index (χ4n) is 1.60. The second-order valence-electron chi connectivity index (χ2n) is 3.80. The number of ether oxygens (including phenoxy) is 1. The summed E-state index contributed by atoms with van der Waals surface area (Å²) in [4.78, 5) is 1.94. The number of aliphatic hydroxyl groups excluding tert-OH is 1. The molecule has 0 fully saturated rings. The molecule has 0 spiro atoms. The highest BCUT2D eigenvalue weighted by Crippen LogP contribution is 2.29. The number of alkyl halides is 2. The summed E-state index contributed by atoms with van der Waals surface area (Å²) in [6.07, 6.45) is -0.732. The standard InChI is InChI=1S/C13H12F2O2S/c1-8-2-7-11(18-8)12(16)9-3-5-10(6-4-9)17-13(14)15/h2-7,12-13,16H,1H3. The van der Waals surface area contributed by atoms with Crippen LogP contribution in [-0.2, 0) is 0 Å². The van der Waals surface area contributed by atoms with Gasteiger partial charge in [-0.05, 0) is 36.8 Å². The molecule has 1 unspecified atom stereocenters. The molecule has 0 radical (unpaired) electrons. The van der Waals surface area contributed by atoms with Gasteiger partial charge in [0.05, 0.1) is 0 Å². The Bertz CT molecular complexity index is 508. The average Bonchev–Trinajstić information content (AvgIpc) is 2.75. The first-order chi connectivity index (χ1) is 8.56. The zero-order valence-electron chi connectivity index (χ0n) is 9.64. The van der Waals surface area contributed by atoms with Crippen LogP contribution < -0.4 is 4.74 Å². The van der Waals surface area contributed by atoms with Crippen LogP contribution in [0.3, 0.4) is 0 Å². The Kier molecular flexibility index (Phi) is 3.93. The molecule has 5 heteroatoms. The van der Waals surface area contributed by atoms with E-state index in [-0.39, 0.29) is 5.75 Å². The Morgan fingerprint density at radius 2 is 1.78 bits per heavy atom. The third kappa shape index (κ3) is 3.05. The van der Waals surface area contributed by atoms with Crippen molar-refractivity contribution in [2.75, 3.05) is 0 Å². The lowest BCUT2D eigenvalue weighted by Crippen LogP contribution is -2.02.